The summed E-state index contributed by atoms with van der Waals surface area (Å²) in [4.78, 5) is 12.2. The molecule has 1 atom stereocenters. The molecule has 1 heterocycles. The lowest BCUT2D eigenvalue weighted by Gasteiger charge is -2.23. The van der Waals surface area contributed by atoms with Gasteiger partial charge in [-0.3, -0.25) is 4.79 Å². The molecule has 1 spiro atoms. The number of carbonyl (C=O) groups excluding carboxylic acids is 1. The van der Waals surface area contributed by atoms with Gasteiger partial charge in [0.1, 0.15) is 0 Å². The third-order valence-corrected chi connectivity index (χ3v) is 6.44. The zero-order valence-electron chi connectivity index (χ0n) is 13.8. The van der Waals surface area contributed by atoms with Crippen LogP contribution in [0, 0.1) is 11.3 Å². The minimum atomic E-state index is -3.39. The van der Waals surface area contributed by atoms with Crippen molar-refractivity contribution >= 4 is 15.9 Å². The van der Waals surface area contributed by atoms with Crippen LogP contribution >= 0.6 is 0 Å². The third-order valence-electron chi connectivity index (χ3n) is 5.11. The average molecular weight is 351 g/mol. The van der Waals surface area contributed by atoms with E-state index in [4.69, 9.17) is 0 Å². The maximum atomic E-state index is 12.2. The minimum Gasteiger partial charge on any atom is -0.355 e. The van der Waals surface area contributed by atoms with Crippen molar-refractivity contribution in [1.29, 1.82) is 0 Å². The van der Waals surface area contributed by atoms with E-state index in [-0.39, 0.29) is 36.1 Å². The van der Waals surface area contributed by atoms with Crippen molar-refractivity contribution in [2.45, 2.75) is 25.8 Å². The van der Waals surface area contributed by atoms with Crippen molar-refractivity contribution < 1.29 is 13.2 Å². The fourth-order valence-electron chi connectivity index (χ4n) is 3.49. The van der Waals surface area contributed by atoms with E-state index in [9.17, 15) is 13.2 Å². The Labute approximate surface area is 143 Å². The molecule has 1 amide bonds. The van der Waals surface area contributed by atoms with Crippen LogP contribution in [0.3, 0.4) is 0 Å². The minimum absolute atomic E-state index is 0.00941. The number of benzene rings is 1. The maximum Gasteiger partial charge on any atom is 0.223 e. The number of hydrogen-bond acceptors (Lipinski definition) is 4. The molecule has 132 valence electrons. The van der Waals surface area contributed by atoms with Gasteiger partial charge in [0.05, 0.1) is 5.75 Å². The van der Waals surface area contributed by atoms with Gasteiger partial charge in [-0.1, -0.05) is 30.3 Å². The van der Waals surface area contributed by atoms with Crippen LogP contribution in [-0.2, 0) is 21.4 Å². The lowest BCUT2D eigenvalue weighted by molar-refractivity contribution is -0.123. The molecule has 0 bridgehead atoms. The molecule has 6 nitrogen and oxygen atoms in total. The summed E-state index contributed by atoms with van der Waals surface area (Å²) < 4.78 is 26.6. The first kappa shape index (κ1) is 17.4. The first-order chi connectivity index (χ1) is 11.5. The van der Waals surface area contributed by atoms with Gasteiger partial charge in [0.2, 0.25) is 15.9 Å². The molecular weight excluding hydrogens is 326 g/mol. The molecule has 1 aliphatic heterocycles. The zero-order valence-corrected chi connectivity index (χ0v) is 14.6. The highest BCUT2D eigenvalue weighted by molar-refractivity contribution is 7.89. The number of amides is 1. The van der Waals surface area contributed by atoms with Crippen LogP contribution in [-0.4, -0.2) is 39.7 Å². The summed E-state index contributed by atoms with van der Waals surface area (Å²) in [5, 5.41) is 6.10. The first-order valence-electron chi connectivity index (χ1n) is 8.50. The van der Waals surface area contributed by atoms with Crippen molar-refractivity contribution in [3.63, 3.8) is 0 Å². The van der Waals surface area contributed by atoms with E-state index in [2.05, 4.69) is 15.4 Å². The summed E-state index contributed by atoms with van der Waals surface area (Å²) in [5.41, 5.74) is 1.09. The number of piperidine rings is 1. The van der Waals surface area contributed by atoms with Gasteiger partial charge in [0.25, 0.3) is 0 Å². The molecule has 24 heavy (non-hydrogen) atoms. The molecule has 1 saturated heterocycles. The summed E-state index contributed by atoms with van der Waals surface area (Å²) >= 11 is 0. The van der Waals surface area contributed by atoms with Gasteiger partial charge in [-0.15, -0.1) is 0 Å². The van der Waals surface area contributed by atoms with Gasteiger partial charge in [0, 0.05) is 19.0 Å². The van der Waals surface area contributed by atoms with Gasteiger partial charge < -0.3 is 10.6 Å². The van der Waals surface area contributed by atoms with Crippen molar-refractivity contribution in [2.24, 2.45) is 11.3 Å². The second-order valence-corrected chi connectivity index (χ2v) is 8.71. The highest BCUT2D eigenvalue weighted by atomic mass is 32.2. The van der Waals surface area contributed by atoms with Crippen molar-refractivity contribution in [2.75, 3.05) is 25.4 Å². The van der Waals surface area contributed by atoms with E-state index >= 15 is 0 Å². The summed E-state index contributed by atoms with van der Waals surface area (Å²) in [6.45, 7) is 2.38. The second kappa shape index (κ2) is 7.21. The Bertz CT molecular complexity index is 670. The smallest absolute Gasteiger partial charge is 0.223 e. The van der Waals surface area contributed by atoms with Crippen molar-refractivity contribution in [1.82, 2.24) is 15.4 Å². The molecule has 2 fully saturated rings. The van der Waals surface area contributed by atoms with Crippen LogP contribution < -0.4 is 15.4 Å². The van der Waals surface area contributed by atoms with E-state index in [1.807, 2.05) is 30.3 Å². The second-order valence-electron chi connectivity index (χ2n) is 6.79. The molecule has 7 heteroatoms. The van der Waals surface area contributed by atoms with Gasteiger partial charge in [-0.2, -0.15) is 0 Å². The number of sulfonamides is 1. The Balaban J connectivity index is 1.38. The van der Waals surface area contributed by atoms with Crippen LogP contribution in [0.4, 0.5) is 0 Å². The fourth-order valence-corrected chi connectivity index (χ4v) is 4.39. The zero-order chi connectivity index (χ0) is 17.0. The fraction of sp³-hybridized carbons (Fsp3) is 0.588. The Hall–Kier alpha value is -1.44. The van der Waals surface area contributed by atoms with Crippen molar-refractivity contribution in [3.05, 3.63) is 35.9 Å². The molecule has 0 radical (unpaired) electrons. The summed E-state index contributed by atoms with van der Waals surface area (Å²) in [7, 11) is -3.39. The van der Waals surface area contributed by atoms with Crippen LogP contribution in [0.25, 0.3) is 0 Å². The molecule has 3 N–H and O–H groups in total. The maximum absolute atomic E-state index is 12.2. The molecule has 1 aromatic carbocycles. The summed E-state index contributed by atoms with van der Waals surface area (Å²) in [6, 6.07) is 9.37. The highest BCUT2D eigenvalue weighted by Gasteiger charge is 2.57. The topological polar surface area (TPSA) is 87.3 Å². The van der Waals surface area contributed by atoms with Gasteiger partial charge >= 0.3 is 0 Å². The quantitative estimate of drug-likeness (QED) is 0.672. The molecule has 1 aromatic rings. The molecule has 0 aromatic heterocycles. The van der Waals surface area contributed by atoms with E-state index in [1.54, 1.807) is 0 Å². The lowest BCUT2D eigenvalue weighted by atomic mass is 9.92. The molecule has 1 aliphatic carbocycles. The molecular formula is C17H25N3O3S. The molecule has 1 unspecified atom stereocenters. The van der Waals surface area contributed by atoms with Crippen LogP contribution in [0.1, 0.15) is 24.8 Å². The van der Waals surface area contributed by atoms with Crippen molar-refractivity contribution in [3.8, 4) is 0 Å². The van der Waals surface area contributed by atoms with Crippen LogP contribution in [0.5, 0.6) is 0 Å². The summed E-state index contributed by atoms with van der Waals surface area (Å²) in [6.07, 6.45) is 3.03. The Morgan fingerprint density at radius 3 is 2.62 bits per heavy atom. The average Bonchev–Trinajstić information content (AvgIpc) is 3.28. The monoisotopic (exact) mass is 351 g/mol. The standard InChI is InChI=1S/C17H25N3O3S/c21-16(15-12-17(15)6-8-18-9-7-17)19-10-11-24(22,23)20-13-14-4-2-1-3-5-14/h1-5,15,18,20H,6-13H2,(H,19,21). The number of rotatable bonds is 7. The van der Waals surface area contributed by atoms with Crippen LogP contribution in [0.2, 0.25) is 0 Å². The van der Waals surface area contributed by atoms with Crippen LogP contribution in [0.15, 0.2) is 30.3 Å². The van der Waals surface area contributed by atoms with E-state index in [0.29, 0.717) is 0 Å². The van der Waals surface area contributed by atoms with Gasteiger partial charge in [-0.05, 0) is 43.3 Å². The highest BCUT2D eigenvalue weighted by Crippen LogP contribution is 2.58. The SMILES string of the molecule is O=C(NCCS(=O)(=O)NCc1ccccc1)C1CC12CCNCC2. The Morgan fingerprint density at radius 2 is 1.92 bits per heavy atom. The summed E-state index contributed by atoms with van der Waals surface area (Å²) in [5.74, 6) is -0.0120. The molecule has 3 rings (SSSR count). The normalized spacial score (nSPS) is 22.2. The lowest BCUT2D eigenvalue weighted by Crippen LogP contribution is -2.37. The van der Waals surface area contributed by atoms with E-state index in [0.717, 1.165) is 37.9 Å². The Morgan fingerprint density at radius 1 is 1.21 bits per heavy atom. The predicted octanol–water partition coefficient (Wildman–Crippen LogP) is 0.612. The Kier molecular flexibility index (Phi) is 5.22. The van der Waals surface area contributed by atoms with E-state index in [1.165, 1.54) is 0 Å². The molecule has 2 aliphatic rings. The number of nitrogens with one attached hydrogen (secondary N) is 3. The number of carbonyl (C=O) groups is 1. The van der Waals surface area contributed by atoms with Gasteiger partial charge in [-0.25, -0.2) is 13.1 Å². The van der Waals surface area contributed by atoms with Gasteiger partial charge in [0.15, 0.2) is 0 Å². The third kappa shape index (κ3) is 4.34. The molecule has 1 saturated carbocycles. The predicted molar refractivity (Wildman–Crippen MR) is 92.7 cm³/mol. The largest absolute Gasteiger partial charge is 0.355 e. The number of hydrogen-bond donors (Lipinski definition) is 3. The van der Waals surface area contributed by atoms with E-state index < -0.39 is 10.0 Å². The first-order valence-corrected chi connectivity index (χ1v) is 10.2.